The van der Waals surface area contributed by atoms with Crippen LogP contribution in [0.2, 0.25) is 0 Å². The first-order valence-corrected chi connectivity index (χ1v) is 4.55. The predicted molar refractivity (Wildman–Crippen MR) is 40.0 cm³/mol. The van der Waals surface area contributed by atoms with Crippen LogP contribution < -0.4 is 0 Å². The number of carboxylic acid groups (broad SMARTS) is 1. The van der Waals surface area contributed by atoms with Crippen LogP contribution in [0, 0.1) is 0 Å². The van der Waals surface area contributed by atoms with Crippen molar-refractivity contribution in [2.24, 2.45) is 0 Å². The molecule has 0 rings (SSSR count). The van der Waals surface area contributed by atoms with Crippen molar-refractivity contribution in [3.8, 4) is 0 Å². The van der Waals surface area contributed by atoms with E-state index in [0.717, 1.165) is 6.92 Å². The van der Waals surface area contributed by atoms with Crippen LogP contribution in [0.1, 0.15) is 20.3 Å². The second-order valence-electron chi connectivity index (χ2n) is 1.81. The van der Waals surface area contributed by atoms with Gasteiger partial charge in [0.15, 0.2) is 0 Å². The summed E-state index contributed by atoms with van der Waals surface area (Å²) in [5, 5.41) is 7.42. The Hall–Kier alpha value is -0.620. The molecule has 11 heavy (non-hydrogen) atoms. The largest absolute Gasteiger partial charge is 0.481 e. The van der Waals surface area contributed by atoms with Crippen molar-refractivity contribution in [2.45, 2.75) is 20.3 Å². The maximum Gasteiger partial charge on any atom is 0.300 e. The monoisotopic (exact) mass is 184 g/mol. The van der Waals surface area contributed by atoms with Crippen molar-refractivity contribution in [1.29, 1.82) is 0 Å². The average Bonchev–Trinajstić information content (AvgIpc) is 1.58. The van der Waals surface area contributed by atoms with E-state index in [4.69, 9.17) is 14.5 Å². The molecule has 0 aliphatic rings. The number of carboxylic acids is 1. The topological polar surface area (TPSA) is 91.7 Å². The van der Waals surface area contributed by atoms with E-state index >= 15 is 0 Å². The van der Waals surface area contributed by atoms with E-state index in [0.29, 0.717) is 6.42 Å². The summed E-state index contributed by atoms with van der Waals surface area (Å²) < 4.78 is 27.6. The molecule has 0 aromatic rings. The molecule has 0 radical (unpaired) electrons. The Morgan fingerprint density at radius 3 is 1.73 bits per heavy atom. The smallest absolute Gasteiger partial charge is 0.300 e. The fourth-order valence-corrected chi connectivity index (χ4v) is 0.774. The van der Waals surface area contributed by atoms with Gasteiger partial charge in [-0.1, -0.05) is 6.92 Å². The van der Waals surface area contributed by atoms with Crippen LogP contribution in [0.5, 0.6) is 0 Å². The molecule has 0 saturated heterocycles. The third kappa shape index (κ3) is 44.7. The van der Waals surface area contributed by atoms with Gasteiger partial charge in [0.2, 0.25) is 0 Å². The maximum absolute atomic E-state index is 9.79. The molecule has 0 bridgehead atoms. The molecule has 0 aliphatic carbocycles. The van der Waals surface area contributed by atoms with Gasteiger partial charge in [-0.25, -0.2) is 0 Å². The average molecular weight is 184 g/mol. The molecule has 5 nitrogen and oxygen atoms in total. The van der Waals surface area contributed by atoms with Crippen molar-refractivity contribution >= 4 is 16.1 Å². The van der Waals surface area contributed by atoms with Crippen LogP contribution in [-0.2, 0) is 14.9 Å². The molecule has 0 unspecified atom stereocenters. The highest BCUT2D eigenvalue weighted by atomic mass is 32.2. The standard InChI is InChI=1S/C3H8O3S.C2H4O2/c1-2-3-7(4,5)6;1-2(3)4/h2-3H2,1H3,(H,4,5,6);1H3,(H,3,4). The number of rotatable bonds is 2. The summed E-state index contributed by atoms with van der Waals surface area (Å²) in [7, 11) is -3.67. The van der Waals surface area contributed by atoms with Crippen LogP contribution in [-0.4, -0.2) is 29.8 Å². The Bertz CT molecular complexity index is 189. The van der Waals surface area contributed by atoms with Crippen LogP contribution in [0.3, 0.4) is 0 Å². The van der Waals surface area contributed by atoms with E-state index < -0.39 is 16.1 Å². The van der Waals surface area contributed by atoms with Gasteiger partial charge >= 0.3 is 0 Å². The van der Waals surface area contributed by atoms with Crippen molar-refractivity contribution in [2.75, 3.05) is 5.75 Å². The van der Waals surface area contributed by atoms with Gasteiger partial charge in [0.05, 0.1) is 5.75 Å². The summed E-state index contributed by atoms with van der Waals surface area (Å²) in [5.41, 5.74) is 0. The van der Waals surface area contributed by atoms with Gasteiger partial charge in [0, 0.05) is 6.92 Å². The molecule has 0 aliphatic heterocycles. The van der Waals surface area contributed by atoms with Gasteiger partial charge in [-0.05, 0) is 6.42 Å². The van der Waals surface area contributed by atoms with E-state index in [1.165, 1.54) is 0 Å². The molecule has 6 heteroatoms. The zero-order valence-corrected chi connectivity index (χ0v) is 7.26. The maximum atomic E-state index is 9.79. The lowest BCUT2D eigenvalue weighted by Crippen LogP contribution is -2.01. The predicted octanol–water partition coefficient (Wildman–Crippen LogP) is 0.375. The Balaban J connectivity index is 0. The van der Waals surface area contributed by atoms with Crippen LogP contribution in [0.25, 0.3) is 0 Å². The lowest BCUT2D eigenvalue weighted by molar-refractivity contribution is -0.134. The molecule has 0 aromatic heterocycles. The highest BCUT2D eigenvalue weighted by Crippen LogP contribution is 1.83. The van der Waals surface area contributed by atoms with Gasteiger partial charge in [-0.2, -0.15) is 8.42 Å². The molecular formula is C5H12O5S. The molecule has 0 heterocycles. The van der Waals surface area contributed by atoms with Crippen molar-refractivity contribution in [3.05, 3.63) is 0 Å². The Kier molecular flexibility index (Phi) is 7.23. The summed E-state index contributed by atoms with van der Waals surface area (Å²) in [6, 6.07) is 0. The SMILES string of the molecule is CC(=O)O.CCCS(=O)(=O)O. The number of carbonyl (C=O) groups is 1. The van der Waals surface area contributed by atoms with E-state index in [1.54, 1.807) is 6.92 Å². The molecule has 68 valence electrons. The molecule has 0 spiro atoms. The summed E-state index contributed by atoms with van der Waals surface area (Å²) in [5.74, 6) is -0.965. The molecule has 0 aromatic carbocycles. The minimum absolute atomic E-state index is 0.132. The van der Waals surface area contributed by atoms with E-state index in [-0.39, 0.29) is 5.75 Å². The van der Waals surface area contributed by atoms with Gasteiger partial charge < -0.3 is 5.11 Å². The second kappa shape index (κ2) is 6.11. The molecular weight excluding hydrogens is 172 g/mol. The normalized spacial score (nSPS) is 9.73. The first-order chi connectivity index (χ1) is 4.79. The first-order valence-electron chi connectivity index (χ1n) is 2.94. The zero-order chi connectivity index (χ0) is 9.49. The lowest BCUT2D eigenvalue weighted by atomic mass is 10.6. The summed E-state index contributed by atoms with van der Waals surface area (Å²) in [6.45, 7) is 2.77. The molecule has 2 N–H and O–H groups in total. The Labute approximate surface area is 65.8 Å². The van der Waals surface area contributed by atoms with Crippen molar-refractivity contribution in [3.63, 3.8) is 0 Å². The number of hydrogen-bond donors (Lipinski definition) is 2. The fourth-order valence-electron chi connectivity index (χ4n) is 0.258. The van der Waals surface area contributed by atoms with E-state index in [2.05, 4.69) is 0 Å². The van der Waals surface area contributed by atoms with Crippen LogP contribution >= 0.6 is 0 Å². The van der Waals surface area contributed by atoms with Crippen LogP contribution in [0.4, 0.5) is 0 Å². The van der Waals surface area contributed by atoms with E-state index in [9.17, 15) is 8.42 Å². The molecule has 0 amide bonds. The second-order valence-corrected chi connectivity index (χ2v) is 3.38. The fraction of sp³-hybridized carbons (Fsp3) is 0.800. The molecule has 0 atom stereocenters. The number of hydrogen-bond acceptors (Lipinski definition) is 3. The first kappa shape index (κ1) is 13.0. The molecule has 0 fully saturated rings. The van der Waals surface area contributed by atoms with Crippen molar-refractivity contribution in [1.82, 2.24) is 0 Å². The molecule has 0 saturated carbocycles. The van der Waals surface area contributed by atoms with E-state index in [1.807, 2.05) is 0 Å². The van der Waals surface area contributed by atoms with Crippen LogP contribution in [0.15, 0.2) is 0 Å². The number of aliphatic carboxylic acids is 1. The van der Waals surface area contributed by atoms with Gasteiger partial charge in [-0.3, -0.25) is 9.35 Å². The van der Waals surface area contributed by atoms with Gasteiger partial charge in [-0.15, -0.1) is 0 Å². The highest BCUT2D eigenvalue weighted by molar-refractivity contribution is 7.85. The Morgan fingerprint density at radius 2 is 1.73 bits per heavy atom. The minimum Gasteiger partial charge on any atom is -0.481 e. The summed E-state index contributed by atoms with van der Waals surface area (Å²) in [6.07, 6.45) is 0.471. The van der Waals surface area contributed by atoms with Gasteiger partial charge in [0.1, 0.15) is 0 Å². The van der Waals surface area contributed by atoms with Gasteiger partial charge in [0.25, 0.3) is 16.1 Å². The zero-order valence-electron chi connectivity index (χ0n) is 6.44. The lowest BCUT2D eigenvalue weighted by Gasteiger charge is -1.85. The Morgan fingerprint density at radius 1 is 1.45 bits per heavy atom. The third-order valence-electron chi connectivity index (χ3n) is 0.462. The third-order valence-corrected chi connectivity index (χ3v) is 1.39. The quantitative estimate of drug-likeness (QED) is 0.605. The summed E-state index contributed by atoms with van der Waals surface area (Å²) in [4.78, 5) is 9.00. The minimum atomic E-state index is -3.67. The van der Waals surface area contributed by atoms with Crippen molar-refractivity contribution < 1.29 is 22.9 Å². The summed E-state index contributed by atoms with van der Waals surface area (Å²) >= 11 is 0. The highest BCUT2D eigenvalue weighted by Gasteiger charge is 1.98.